The molecule has 2 aromatic rings. The van der Waals surface area contributed by atoms with Crippen LogP contribution in [-0.4, -0.2) is 11.5 Å². The third-order valence-corrected chi connectivity index (χ3v) is 3.09. The van der Waals surface area contributed by atoms with Crippen molar-refractivity contribution in [2.24, 2.45) is 0 Å². The average Bonchev–Trinajstić information content (AvgIpc) is 2.37. The van der Waals surface area contributed by atoms with Gasteiger partial charge in [0.05, 0.1) is 0 Å². The number of halogens is 4. The summed E-state index contributed by atoms with van der Waals surface area (Å²) in [6.07, 6.45) is -5.63. The molecular weight excluding hydrogens is 337 g/mol. The maximum atomic E-state index is 12.0. The monoisotopic (exact) mass is 346 g/mol. The molecule has 0 saturated carbocycles. The van der Waals surface area contributed by atoms with E-state index in [1.54, 1.807) is 18.2 Å². The van der Waals surface area contributed by atoms with E-state index in [4.69, 9.17) is 0 Å². The summed E-state index contributed by atoms with van der Waals surface area (Å²) < 4.78 is 40.7. The fraction of sp³-hybridized carbons (Fsp3) is 0.143. The molecule has 20 heavy (non-hydrogen) atoms. The molecule has 0 spiro atoms. The third-order valence-electron chi connectivity index (χ3n) is 2.59. The highest BCUT2D eigenvalue weighted by atomic mass is 79.9. The fourth-order valence-corrected chi connectivity index (χ4v) is 2.14. The molecular formula is C14H10BrF3O2. The molecule has 0 aliphatic heterocycles. The summed E-state index contributed by atoms with van der Waals surface area (Å²) in [7, 11) is 0. The zero-order chi connectivity index (χ0) is 14.8. The number of benzene rings is 2. The Morgan fingerprint density at radius 2 is 1.65 bits per heavy atom. The minimum absolute atomic E-state index is 0.317. The van der Waals surface area contributed by atoms with Gasteiger partial charge in [0.25, 0.3) is 0 Å². The second kappa shape index (κ2) is 5.85. The summed E-state index contributed by atoms with van der Waals surface area (Å²) in [5.41, 5.74) is 1.13. The molecule has 1 atom stereocenters. The molecule has 0 heterocycles. The number of alkyl halides is 3. The number of ether oxygens (including phenoxy) is 1. The van der Waals surface area contributed by atoms with Gasteiger partial charge < -0.3 is 9.84 Å². The predicted octanol–water partition coefficient (Wildman–Crippen LogP) is 4.43. The molecule has 0 amide bonds. The van der Waals surface area contributed by atoms with Gasteiger partial charge in [-0.25, -0.2) is 0 Å². The van der Waals surface area contributed by atoms with Crippen molar-refractivity contribution in [2.45, 2.75) is 12.5 Å². The van der Waals surface area contributed by atoms with Crippen LogP contribution in [0.4, 0.5) is 13.2 Å². The molecule has 0 fully saturated rings. The van der Waals surface area contributed by atoms with Gasteiger partial charge in [0, 0.05) is 4.47 Å². The maximum Gasteiger partial charge on any atom is 0.573 e. The van der Waals surface area contributed by atoms with Crippen LogP contribution in [0.1, 0.15) is 17.2 Å². The molecule has 106 valence electrons. The van der Waals surface area contributed by atoms with Gasteiger partial charge in [0.2, 0.25) is 0 Å². The number of aliphatic hydroxyl groups excluding tert-OH is 1. The van der Waals surface area contributed by atoms with E-state index in [-0.39, 0.29) is 5.75 Å². The van der Waals surface area contributed by atoms with Crippen molar-refractivity contribution >= 4 is 15.9 Å². The first kappa shape index (κ1) is 14.9. The molecule has 2 nitrogen and oxygen atoms in total. The van der Waals surface area contributed by atoms with Gasteiger partial charge in [-0.3, -0.25) is 0 Å². The van der Waals surface area contributed by atoms with Crippen LogP contribution in [0.15, 0.2) is 53.0 Å². The van der Waals surface area contributed by atoms with Crippen molar-refractivity contribution in [3.05, 3.63) is 64.1 Å². The van der Waals surface area contributed by atoms with E-state index in [9.17, 15) is 18.3 Å². The minimum atomic E-state index is -4.72. The van der Waals surface area contributed by atoms with Crippen LogP contribution >= 0.6 is 15.9 Å². The standard InChI is InChI=1S/C14H10BrF3O2/c15-11-3-1-2-10(8-11)13(19)9-4-6-12(7-5-9)20-14(16,17)18/h1-8,13,19H. The first-order valence-corrected chi connectivity index (χ1v) is 6.44. The summed E-state index contributed by atoms with van der Waals surface area (Å²) >= 11 is 3.29. The van der Waals surface area contributed by atoms with E-state index in [0.717, 1.165) is 4.47 Å². The van der Waals surface area contributed by atoms with Gasteiger partial charge in [-0.1, -0.05) is 40.2 Å². The molecule has 1 unspecified atom stereocenters. The highest BCUT2D eigenvalue weighted by Gasteiger charge is 2.31. The van der Waals surface area contributed by atoms with Crippen LogP contribution in [0.5, 0.6) is 5.75 Å². The van der Waals surface area contributed by atoms with Crippen molar-refractivity contribution in [1.29, 1.82) is 0 Å². The first-order valence-electron chi connectivity index (χ1n) is 5.64. The van der Waals surface area contributed by atoms with Crippen LogP contribution in [0.25, 0.3) is 0 Å². The van der Waals surface area contributed by atoms with Crippen LogP contribution < -0.4 is 4.74 Å². The lowest BCUT2D eigenvalue weighted by atomic mass is 10.0. The summed E-state index contributed by atoms with van der Waals surface area (Å²) in [5, 5.41) is 10.2. The lowest BCUT2D eigenvalue weighted by Gasteiger charge is -2.13. The molecule has 1 N–H and O–H groups in total. The van der Waals surface area contributed by atoms with E-state index in [1.165, 1.54) is 24.3 Å². The Labute approximate surface area is 121 Å². The SMILES string of the molecule is OC(c1ccc(OC(F)(F)F)cc1)c1cccc(Br)c1. The lowest BCUT2D eigenvalue weighted by molar-refractivity contribution is -0.274. The Kier molecular flexibility index (Phi) is 4.35. The predicted molar refractivity (Wildman–Crippen MR) is 71.3 cm³/mol. The molecule has 2 rings (SSSR count). The minimum Gasteiger partial charge on any atom is -0.406 e. The Morgan fingerprint density at radius 1 is 1.00 bits per heavy atom. The zero-order valence-corrected chi connectivity index (χ0v) is 11.6. The van der Waals surface area contributed by atoms with Gasteiger partial charge >= 0.3 is 6.36 Å². The Hall–Kier alpha value is -1.53. The van der Waals surface area contributed by atoms with Gasteiger partial charge in [0.1, 0.15) is 11.9 Å². The molecule has 6 heteroatoms. The van der Waals surface area contributed by atoms with Crippen LogP contribution in [0.3, 0.4) is 0 Å². The molecule has 0 bridgehead atoms. The topological polar surface area (TPSA) is 29.5 Å². The molecule has 0 saturated heterocycles. The number of hydrogen-bond donors (Lipinski definition) is 1. The number of rotatable bonds is 3. The summed E-state index contributed by atoms with van der Waals surface area (Å²) in [5.74, 6) is -0.317. The molecule has 2 aromatic carbocycles. The summed E-state index contributed by atoms with van der Waals surface area (Å²) in [4.78, 5) is 0. The van der Waals surface area contributed by atoms with Crippen molar-refractivity contribution in [3.8, 4) is 5.75 Å². The Morgan fingerprint density at radius 3 is 2.20 bits per heavy atom. The summed E-state index contributed by atoms with van der Waals surface area (Å²) in [6.45, 7) is 0. The zero-order valence-electron chi connectivity index (χ0n) is 10.1. The first-order chi connectivity index (χ1) is 9.35. The molecule has 0 aliphatic rings. The van der Waals surface area contributed by atoms with Crippen LogP contribution in [0, 0.1) is 0 Å². The largest absolute Gasteiger partial charge is 0.573 e. The average molecular weight is 347 g/mol. The van der Waals surface area contributed by atoms with Crippen LogP contribution in [0.2, 0.25) is 0 Å². The molecule has 0 radical (unpaired) electrons. The van der Waals surface area contributed by atoms with E-state index in [1.807, 2.05) is 6.07 Å². The van der Waals surface area contributed by atoms with Crippen molar-refractivity contribution in [1.82, 2.24) is 0 Å². The van der Waals surface area contributed by atoms with E-state index in [2.05, 4.69) is 20.7 Å². The highest BCUT2D eigenvalue weighted by molar-refractivity contribution is 9.10. The van der Waals surface area contributed by atoms with Gasteiger partial charge in [0.15, 0.2) is 0 Å². The summed E-state index contributed by atoms with van der Waals surface area (Å²) in [6, 6.07) is 12.2. The number of aliphatic hydroxyl groups is 1. The smallest absolute Gasteiger partial charge is 0.406 e. The Bertz CT molecular complexity index is 582. The number of hydrogen-bond acceptors (Lipinski definition) is 2. The van der Waals surface area contributed by atoms with E-state index < -0.39 is 12.5 Å². The Balaban J connectivity index is 2.17. The van der Waals surface area contributed by atoms with Crippen molar-refractivity contribution < 1.29 is 23.0 Å². The second-order valence-electron chi connectivity index (χ2n) is 4.07. The maximum absolute atomic E-state index is 12.0. The van der Waals surface area contributed by atoms with Crippen molar-refractivity contribution in [2.75, 3.05) is 0 Å². The fourth-order valence-electron chi connectivity index (χ4n) is 1.72. The quantitative estimate of drug-likeness (QED) is 0.890. The van der Waals surface area contributed by atoms with Crippen LogP contribution in [-0.2, 0) is 0 Å². The normalized spacial score (nSPS) is 13.1. The molecule has 0 aliphatic carbocycles. The van der Waals surface area contributed by atoms with E-state index in [0.29, 0.717) is 11.1 Å². The van der Waals surface area contributed by atoms with Gasteiger partial charge in [-0.2, -0.15) is 0 Å². The highest BCUT2D eigenvalue weighted by Crippen LogP contribution is 2.28. The van der Waals surface area contributed by atoms with Gasteiger partial charge in [-0.15, -0.1) is 13.2 Å². The van der Waals surface area contributed by atoms with E-state index >= 15 is 0 Å². The molecule has 0 aromatic heterocycles. The lowest BCUT2D eigenvalue weighted by Crippen LogP contribution is -2.17. The third kappa shape index (κ3) is 3.98. The second-order valence-corrected chi connectivity index (χ2v) is 4.99. The van der Waals surface area contributed by atoms with Gasteiger partial charge in [-0.05, 0) is 35.4 Å². The van der Waals surface area contributed by atoms with Crippen molar-refractivity contribution in [3.63, 3.8) is 0 Å².